The van der Waals surface area contributed by atoms with E-state index in [1.807, 2.05) is 6.92 Å². The molecule has 1 saturated heterocycles. The molecule has 0 spiro atoms. The summed E-state index contributed by atoms with van der Waals surface area (Å²) >= 11 is 11.8. The Morgan fingerprint density at radius 2 is 1.85 bits per heavy atom. The summed E-state index contributed by atoms with van der Waals surface area (Å²) in [5.74, 6) is -0.666. The molecule has 20 heavy (non-hydrogen) atoms. The van der Waals surface area contributed by atoms with Crippen molar-refractivity contribution in [2.45, 2.75) is 30.8 Å². The second-order valence-corrected chi connectivity index (χ2v) is 7.44. The van der Waals surface area contributed by atoms with Crippen LogP contribution in [0.2, 0.25) is 10.0 Å². The first-order valence-electron chi connectivity index (χ1n) is 6.15. The zero-order valence-corrected chi connectivity index (χ0v) is 13.4. The van der Waals surface area contributed by atoms with Crippen LogP contribution in [0.3, 0.4) is 0 Å². The standard InChI is InChI=1S/C12H15Cl2FN2O2S/c1-7-8(2)17(4-3-16-7)20(18,19)12-10(13)5-9(15)6-11(12)14/h5-8,16H,3-4H2,1-2H3. The highest BCUT2D eigenvalue weighted by molar-refractivity contribution is 7.89. The third kappa shape index (κ3) is 2.80. The van der Waals surface area contributed by atoms with Crippen LogP contribution in [0.4, 0.5) is 4.39 Å². The number of rotatable bonds is 2. The van der Waals surface area contributed by atoms with Crippen molar-refractivity contribution in [1.29, 1.82) is 0 Å². The van der Waals surface area contributed by atoms with Gasteiger partial charge in [-0.2, -0.15) is 4.31 Å². The van der Waals surface area contributed by atoms with Crippen molar-refractivity contribution < 1.29 is 12.8 Å². The van der Waals surface area contributed by atoms with E-state index in [0.29, 0.717) is 13.1 Å². The quantitative estimate of drug-likeness (QED) is 0.899. The molecule has 0 radical (unpaired) electrons. The molecule has 0 aliphatic carbocycles. The van der Waals surface area contributed by atoms with Gasteiger partial charge in [-0.25, -0.2) is 12.8 Å². The number of nitrogens with zero attached hydrogens (tertiary/aromatic N) is 1. The van der Waals surface area contributed by atoms with Gasteiger partial charge in [-0.3, -0.25) is 0 Å². The average Bonchev–Trinajstić information content (AvgIpc) is 2.30. The normalized spacial score (nSPS) is 24.9. The average molecular weight is 341 g/mol. The lowest BCUT2D eigenvalue weighted by atomic mass is 10.1. The molecule has 0 aromatic heterocycles. The molecule has 2 rings (SSSR count). The Hall–Kier alpha value is -0.400. The smallest absolute Gasteiger partial charge is 0.246 e. The van der Waals surface area contributed by atoms with E-state index in [1.165, 1.54) is 4.31 Å². The molecule has 1 fully saturated rings. The van der Waals surface area contributed by atoms with Gasteiger partial charge < -0.3 is 5.32 Å². The van der Waals surface area contributed by atoms with E-state index in [1.54, 1.807) is 6.92 Å². The first kappa shape index (κ1) is 16.0. The molecule has 1 aliphatic rings. The van der Waals surface area contributed by atoms with Gasteiger partial charge in [0.05, 0.1) is 10.0 Å². The van der Waals surface area contributed by atoms with Crippen LogP contribution in [-0.2, 0) is 10.0 Å². The summed E-state index contributed by atoms with van der Waals surface area (Å²) in [5, 5.41) is 2.79. The van der Waals surface area contributed by atoms with E-state index in [0.717, 1.165) is 12.1 Å². The lowest BCUT2D eigenvalue weighted by molar-refractivity contribution is 0.233. The third-order valence-corrected chi connectivity index (χ3v) is 6.41. The monoisotopic (exact) mass is 340 g/mol. The largest absolute Gasteiger partial charge is 0.311 e. The maximum Gasteiger partial charge on any atom is 0.246 e. The van der Waals surface area contributed by atoms with E-state index >= 15 is 0 Å². The Morgan fingerprint density at radius 3 is 2.40 bits per heavy atom. The van der Waals surface area contributed by atoms with Gasteiger partial charge in [0, 0.05) is 25.2 Å². The third-order valence-electron chi connectivity index (χ3n) is 3.51. The molecule has 1 aromatic carbocycles. The van der Waals surface area contributed by atoms with Crippen molar-refractivity contribution in [3.63, 3.8) is 0 Å². The number of hydrogen-bond donors (Lipinski definition) is 1. The summed E-state index contributed by atoms with van der Waals surface area (Å²) in [6.07, 6.45) is 0. The molecule has 0 amide bonds. The van der Waals surface area contributed by atoms with Gasteiger partial charge in [0.2, 0.25) is 10.0 Å². The van der Waals surface area contributed by atoms with Crippen LogP contribution in [0.25, 0.3) is 0 Å². The first-order valence-corrected chi connectivity index (χ1v) is 8.34. The van der Waals surface area contributed by atoms with Gasteiger partial charge in [0.15, 0.2) is 0 Å². The Balaban J connectivity index is 2.50. The number of benzene rings is 1. The second-order valence-electron chi connectivity index (χ2n) is 4.80. The molecule has 0 bridgehead atoms. The van der Waals surface area contributed by atoms with Crippen molar-refractivity contribution in [1.82, 2.24) is 9.62 Å². The van der Waals surface area contributed by atoms with Gasteiger partial charge in [0.1, 0.15) is 10.7 Å². The minimum absolute atomic E-state index is 0.0107. The Labute approximate surface area is 127 Å². The lowest BCUT2D eigenvalue weighted by Crippen LogP contribution is -2.57. The Morgan fingerprint density at radius 1 is 1.30 bits per heavy atom. The van der Waals surface area contributed by atoms with E-state index in [4.69, 9.17) is 23.2 Å². The molecule has 0 saturated carbocycles. The first-order chi connectivity index (χ1) is 9.25. The molecule has 2 unspecified atom stereocenters. The Kier molecular flexibility index (Phi) is 4.61. The van der Waals surface area contributed by atoms with E-state index in [9.17, 15) is 12.8 Å². The zero-order valence-electron chi connectivity index (χ0n) is 11.0. The maximum absolute atomic E-state index is 13.2. The summed E-state index contributed by atoms with van der Waals surface area (Å²) in [4.78, 5) is -0.233. The van der Waals surface area contributed by atoms with Crippen LogP contribution in [-0.4, -0.2) is 37.9 Å². The van der Waals surface area contributed by atoms with Crippen LogP contribution >= 0.6 is 23.2 Å². The van der Waals surface area contributed by atoms with Crippen molar-refractivity contribution >= 4 is 33.2 Å². The van der Waals surface area contributed by atoms with Crippen molar-refractivity contribution in [3.05, 3.63) is 28.0 Å². The predicted octanol–water partition coefficient (Wildman–Crippen LogP) is 2.50. The maximum atomic E-state index is 13.2. The number of hydrogen-bond acceptors (Lipinski definition) is 3. The molecule has 1 N–H and O–H groups in total. The molecule has 4 nitrogen and oxygen atoms in total. The molecular weight excluding hydrogens is 326 g/mol. The number of piperazine rings is 1. The lowest BCUT2D eigenvalue weighted by Gasteiger charge is -2.37. The van der Waals surface area contributed by atoms with Crippen LogP contribution in [0.15, 0.2) is 17.0 Å². The number of sulfonamides is 1. The molecule has 1 aromatic rings. The number of nitrogens with one attached hydrogen (secondary N) is 1. The fourth-order valence-corrected chi connectivity index (χ4v) is 5.10. The molecule has 112 valence electrons. The van der Waals surface area contributed by atoms with E-state index in [2.05, 4.69) is 5.32 Å². The molecule has 1 heterocycles. The highest BCUT2D eigenvalue weighted by Gasteiger charge is 2.36. The van der Waals surface area contributed by atoms with Crippen LogP contribution < -0.4 is 5.32 Å². The predicted molar refractivity (Wildman–Crippen MR) is 77.2 cm³/mol. The summed E-state index contributed by atoms with van der Waals surface area (Å²) in [5.41, 5.74) is 0. The van der Waals surface area contributed by atoms with Gasteiger partial charge in [-0.15, -0.1) is 0 Å². The summed E-state index contributed by atoms with van der Waals surface area (Å²) in [6.45, 7) is 4.57. The van der Waals surface area contributed by atoms with Gasteiger partial charge >= 0.3 is 0 Å². The van der Waals surface area contributed by atoms with Crippen molar-refractivity contribution in [2.24, 2.45) is 0 Å². The van der Waals surface area contributed by atoms with Gasteiger partial charge in [-0.1, -0.05) is 23.2 Å². The highest BCUT2D eigenvalue weighted by atomic mass is 35.5. The van der Waals surface area contributed by atoms with Crippen LogP contribution in [0, 0.1) is 5.82 Å². The molecule has 1 aliphatic heterocycles. The minimum atomic E-state index is -3.86. The Bertz CT molecular complexity index is 601. The summed E-state index contributed by atoms with van der Waals surface area (Å²) in [7, 11) is -3.86. The summed E-state index contributed by atoms with van der Waals surface area (Å²) < 4.78 is 39.9. The SMILES string of the molecule is CC1NCCN(S(=O)(=O)c2c(Cl)cc(F)cc2Cl)C1C. The fourth-order valence-electron chi connectivity index (χ4n) is 2.26. The van der Waals surface area contributed by atoms with Crippen LogP contribution in [0.5, 0.6) is 0 Å². The second kappa shape index (κ2) is 5.77. The van der Waals surface area contributed by atoms with E-state index < -0.39 is 15.8 Å². The highest BCUT2D eigenvalue weighted by Crippen LogP contribution is 2.34. The van der Waals surface area contributed by atoms with E-state index in [-0.39, 0.29) is 27.0 Å². The number of halogens is 3. The van der Waals surface area contributed by atoms with Crippen molar-refractivity contribution in [3.8, 4) is 0 Å². The fraction of sp³-hybridized carbons (Fsp3) is 0.500. The van der Waals surface area contributed by atoms with Gasteiger partial charge in [0.25, 0.3) is 0 Å². The summed E-state index contributed by atoms with van der Waals surface area (Å²) in [6, 6.07) is 1.68. The van der Waals surface area contributed by atoms with Crippen LogP contribution in [0.1, 0.15) is 13.8 Å². The zero-order chi connectivity index (χ0) is 15.1. The molecule has 2 atom stereocenters. The minimum Gasteiger partial charge on any atom is -0.311 e. The topological polar surface area (TPSA) is 49.4 Å². The van der Waals surface area contributed by atoms with Gasteiger partial charge in [-0.05, 0) is 26.0 Å². The molecule has 8 heteroatoms. The van der Waals surface area contributed by atoms with Crippen molar-refractivity contribution in [2.75, 3.05) is 13.1 Å². The molecular formula is C12H15Cl2FN2O2S.